The lowest BCUT2D eigenvalue weighted by Crippen LogP contribution is -2.38. The van der Waals surface area contributed by atoms with Gasteiger partial charge in [-0.1, -0.05) is 60.7 Å². The normalized spacial score (nSPS) is 16.7. The number of nitrogens with zero attached hydrogens (tertiary/aromatic N) is 2. The van der Waals surface area contributed by atoms with Crippen LogP contribution < -0.4 is 10.5 Å². The number of nitro benzene ring substituents is 1. The average molecular weight is 531 g/mol. The zero-order valence-corrected chi connectivity index (χ0v) is 21.3. The Morgan fingerprint density at radius 1 is 1.10 bits per heavy atom. The van der Waals surface area contributed by atoms with Crippen molar-refractivity contribution in [2.45, 2.75) is 31.7 Å². The van der Waals surface area contributed by atoms with Gasteiger partial charge in [-0.3, -0.25) is 25.1 Å². The van der Waals surface area contributed by atoms with Crippen molar-refractivity contribution in [3.63, 3.8) is 0 Å². The van der Waals surface area contributed by atoms with Crippen LogP contribution in [0.15, 0.2) is 72.8 Å². The first-order chi connectivity index (χ1) is 18.7. The number of nitrogens with one attached hydrogen (secondary N) is 1. The van der Waals surface area contributed by atoms with Gasteiger partial charge < -0.3 is 20.5 Å². The van der Waals surface area contributed by atoms with Gasteiger partial charge in [-0.2, -0.15) is 0 Å². The van der Waals surface area contributed by atoms with E-state index in [9.17, 15) is 24.8 Å². The van der Waals surface area contributed by atoms with E-state index >= 15 is 0 Å². The van der Waals surface area contributed by atoms with Crippen molar-refractivity contribution in [3.8, 4) is 16.9 Å². The lowest BCUT2D eigenvalue weighted by molar-refractivity contribution is -0.385. The number of nitrogens with two attached hydrogens (primary N) is 1. The molecule has 10 nitrogen and oxygen atoms in total. The van der Waals surface area contributed by atoms with Crippen LogP contribution in [0.2, 0.25) is 0 Å². The minimum absolute atomic E-state index is 0.0146. The lowest BCUT2D eigenvalue weighted by atomic mass is 10.0. The second kappa shape index (κ2) is 12.2. The van der Waals surface area contributed by atoms with Crippen molar-refractivity contribution in [2.75, 3.05) is 13.2 Å². The number of rotatable bonds is 12. The standard InChI is InChI=1S/C29H30N4O6/c30-28(31)21-10-8-20(9-11-21)22-12-13-26(25(16-22)33(37)38)39-18-24-15-23(17-27(34)35)29(36)32(24)14-4-7-19-5-2-1-3-6-19/h1-3,5-6,8-13,16,23-24H,4,7,14-15,17-18H2,(H3,30,31)(H,34,35)/t23-,24-/m0/s1. The number of aliphatic carboxylic acids is 1. The smallest absolute Gasteiger partial charge is 0.311 e. The van der Waals surface area contributed by atoms with Crippen LogP contribution in [0, 0.1) is 21.4 Å². The highest BCUT2D eigenvalue weighted by atomic mass is 16.6. The number of nitro groups is 1. The second-order valence-corrected chi connectivity index (χ2v) is 9.55. The maximum atomic E-state index is 13.0. The Morgan fingerprint density at radius 2 is 1.79 bits per heavy atom. The molecule has 1 aliphatic rings. The van der Waals surface area contributed by atoms with Crippen molar-refractivity contribution in [1.29, 1.82) is 5.41 Å². The molecule has 1 fully saturated rings. The minimum Gasteiger partial charge on any atom is -0.485 e. The quantitative estimate of drug-likeness (QED) is 0.137. The fourth-order valence-corrected chi connectivity index (χ4v) is 4.89. The fourth-order valence-electron chi connectivity index (χ4n) is 4.89. The number of likely N-dealkylation sites (tertiary alicyclic amines) is 1. The molecule has 0 spiro atoms. The number of ether oxygens (including phenoxy) is 1. The lowest BCUT2D eigenvalue weighted by Gasteiger charge is -2.25. The van der Waals surface area contributed by atoms with E-state index in [4.69, 9.17) is 15.9 Å². The molecule has 10 heteroatoms. The number of carbonyl (C=O) groups excluding carboxylic acids is 1. The number of hydrogen-bond donors (Lipinski definition) is 3. The van der Waals surface area contributed by atoms with Crippen LogP contribution >= 0.6 is 0 Å². The van der Waals surface area contributed by atoms with Gasteiger partial charge in [0.2, 0.25) is 5.91 Å². The summed E-state index contributed by atoms with van der Waals surface area (Å²) in [5.74, 6) is -1.91. The van der Waals surface area contributed by atoms with Crippen molar-refractivity contribution >= 4 is 23.4 Å². The summed E-state index contributed by atoms with van der Waals surface area (Å²) in [4.78, 5) is 37.3. The molecule has 0 unspecified atom stereocenters. The van der Waals surface area contributed by atoms with Gasteiger partial charge in [0.25, 0.3) is 0 Å². The highest BCUT2D eigenvalue weighted by Gasteiger charge is 2.40. The number of amides is 1. The van der Waals surface area contributed by atoms with Gasteiger partial charge in [0.1, 0.15) is 12.4 Å². The average Bonchev–Trinajstić information content (AvgIpc) is 3.21. The Kier molecular flexibility index (Phi) is 8.55. The number of carbonyl (C=O) groups is 2. The van der Waals surface area contributed by atoms with Crippen LogP contribution in [-0.4, -0.2) is 51.8 Å². The van der Waals surface area contributed by atoms with Gasteiger partial charge in [0, 0.05) is 18.2 Å². The van der Waals surface area contributed by atoms with Crippen molar-refractivity contribution in [1.82, 2.24) is 4.90 Å². The zero-order chi connectivity index (χ0) is 27.9. The molecular formula is C29H30N4O6. The Balaban J connectivity index is 1.48. The van der Waals surface area contributed by atoms with Crippen molar-refractivity contribution in [2.24, 2.45) is 11.7 Å². The molecule has 202 valence electrons. The van der Waals surface area contributed by atoms with E-state index in [1.165, 1.54) is 12.1 Å². The summed E-state index contributed by atoms with van der Waals surface area (Å²) < 4.78 is 5.89. The van der Waals surface area contributed by atoms with Crippen molar-refractivity contribution in [3.05, 3.63) is 94.0 Å². The molecule has 4 rings (SSSR count). The highest BCUT2D eigenvalue weighted by Crippen LogP contribution is 2.34. The van der Waals surface area contributed by atoms with E-state index in [1.54, 1.807) is 35.2 Å². The van der Waals surface area contributed by atoms with Gasteiger partial charge in [-0.25, -0.2) is 0 Å². The van der Waals surface area contributed by atoms with Gasteiger partial charge in [0.15, 0.2) is 5.75 Å². The van der Waals surface area contributed by atoms with Crippen LogP contribution in [-0.2, 0) is 16.0 Å². The molecule has 1 saturated heterocycles. The largest absolute Gasteiger partial charge is 0.485 e. The number of aryl methyl sites for hydroxylation is 1. The molecule has 0 saturated carbocycles. The van der Waals surface area contributed by atoms with E-state index in [0.717, 1.165) is 17.5 Å². The summed E-state index contributed by atoms with van der Waals surface area (Å²) in [6, 6.07) is 20.9. The molecular weight excluding hydrogens is 500 g/mol. The summed E-state index contributed by atoms with van der Waals surface area (Å²) >= 11 is 0. The van der Waals surface area contributed by atoms with E-state index in [1.807, 2.05) is 30.3 Å². The topological polar surface area (TPSA) is 160 Å². The number of hydrogen-bond acceptors (Lipinski definition) is 6. The Labute approximate surface area is 225 Å². The Bertz CT molecular complexity index is 1360. The summed E-state index contributed by atoms with van der Waals surface area (Å²) in [5, 5.41) is 28.6. The predicted octanol–water partition coefficient (Wildman–Crippen LogP) is 4.25. The zero-order valence-electron chi connectivity index (χ0n) is 21.3. The summed E-state index contributed by atoms with van der Waals surface area (Å²) in [7, 11) is 0. The first kappa shape index (κ1) is 27.3. The maximum Gasteiger partial charge on any atom is 0.311 e. The van der Waals surface area contributed by atoms with Crippen LogP contribution in [0.5, 0.6) is 5.75 Å². The molecule has 0 aromatic heterocycles. The molecule has 0 radical (unpaired) electrons. The third-order valence-corrected chi connectivity index (χ3v) is 6.87. The molecule has 0 aliphatic carbocycles. The SMILES string of the molecule is N=C(N)c1ccc(-c2ccc(OC[C@@H]3C[C@@H](CC(=O)O)C(=O)N3CCCc3ccccc3)c([N+](=O)[O-])c2)cc1. The maximum absolute atomic E-state index is 13.0. The van der Waals surface area contributed by atoms with Crippen LogP contribution in [0.3, 0.4) is 0 Å². The first-order valence-corrected chi connectivity index (χ1v) is 12.6. The molecule has 3 aromatic carbocycles. The number of carboxylic acid groups (broad SMARTS) is 1. The van der Waals surface area contributed by atoms with Gasteiger partial charge in [-0.05, 0) is 42.0 Å². The van der Waals surface area contributed by atoms with Gasteiger partial charge in [0.05, 0.1) is 23.3 Å². The summed E-state index contributed by atoms with van der Waals surface area (Å²) in [6.45, 7) is 0.454. The number of nitrogen functional groups attached to an aromatic ring is 1. The second-order valence-electron chi connectivity index (χ2n) is 9.55. The summed E-state index contributed by atoms with van der Waals surface area (Å²) in [6.07, 6.45) is 1.51. The molecule has 3 aromatic rings. The molecule has 1 heterocycles. The fraction of sp³-hybridized carbons (Fsp3) is 0.276. The van der Waals surface area contributed by atoms with Crippen LogP contribution in [0.25, 0.3) is 11.1 Å². The molecule has 39 heavy (non-hydrogen) atoms. The molecule has 4 N–H and O–H groups in total. The third-order valence-electron chi connectivity index (χ3n) is 6.87. The highest BCUT2D eigenvalue weighted by molar-refractivity contribution is 5.95. The van der Waals surface area contributed by atoms with Crippen LogP contribution in [0.1, 0.15) is 30.4 Å². The molecule has 2 atom stereocenters. The van der Waals surface area contributed by atoms with Gasteiger partial charge >= 0.3 is 11.7 Å². The summed E-state index contributed by atoms with van der Waals surface area (Å²) in [5.41, 5.74) is 8.30. The number of amidine groups is 1. The molecule has 0 bridgehead atoms. The number of carboxylic acids is 1. The Morgan fingerprint density at radius 3 is 2.44 bits per heavy atom. The van der Waals surface area contributed by atoms with E-state index in [0.29, 0.717) is 30.5 Å². The van der Waals surface area contributed by atoms with E-state index in [2.05, 4.69) is 0 Å². The molecule has 1 aliphatic heterocycles. The van der Waals surface area contributed by atoms with E-state index < -0.39 is 22.9 Å². The minimum atomic E-state index is -1.04. The predicted molar refractivity (Wildman–Crippen MR) is 146 cm³/mol. The third kappa shape index (κ3) is 6.78. The van der Waals surface area contributed by atoms with Crippen LogP contribution in [0.4, 0.5) is 5.69 Å². The first-order valence-electron chi connectivity index (χ1n) is 12.6. The monoisotopic (exact) mass is 530 g/mol. The van der Waals surface area contributed by atoms with Gasteiger partial charge in [-0.15, -0.1) is 0 Å². The number of benzene rings is 3. The van der Waals surface area contributed by atoms with Crippen molar-refractivity contribution < 1.29 is 24.4 Å². The Hall–Kier alpha value is -4.73. The van der Waals surface area contributed by atoms with E-state index in [-0.39, 0.29) is 36.2 Å². The molecule has 1 amide bonds.